The number of hydrogen-bond acceptors (Lipinski definition) is 4. The Hall–Kier alpha value is -2.34. The van der Waals surface area contributed by atoms with Crippen molar-refractivity contribution >= 4 is 33.3 Å². The van der Waals surface area contributed by atoms with Gasteiger partial charge in [0.05, 0.1) is 12.2 Å². The van der Waals surface area contributed by atoms with Gasteiger partial charge in [-0.2, -0.15) is 0 Å². The van der Waals surface area contributed by atoms with Crippen molar-refractivity contribution in [3.05, 3.63) is 46.1 Å². The van der Waals surface area contributed by atoms with E-state index in [9.17, 15) is 4.79 Å². The predicted molar refractivity (Wildman–Crippen MR) is 88.0 cm³/mol. The molecule has 3 N–H and O–H groups in total. The summed E-state index contributed by atoms with van der Waals surface area (Å²) in [5.41, 5.74) is 9.61. The second-order valence-corrected chi connectivity index (χ2v) is 6.79. The maximum atomic E-state index is 12.7. The number of nitrogens with one attached hydrogen (secondary N) is 1. The molecule has 0 unspecified atom stereocenters. The number of amides is 1. The van der Waals surface area contributed by atoms with Crippen LogP contribution >= 0.6 is 11.3 Å². The van der Waals surface area contributed by atoms with E-state index in [1.54, 1.807) is 0 Å². The Balaban J connectivity index is 1.63. The van der Waals surface area contributed by atoms with Crippen molar-refractivity contribution in [1.82, 2.24) is 14.9 Å². The molecular weight excluding hydrogens is 296 g/mol. The van der Waals surface area contributed by atoms with Gasteiger partial charge in [-0.25, -0.2) is 4.98 Å². The minimum atomic E-state index is 0.0338. The maximum absolute atomic E-state index is 12.7. The third kappa shape index (κ3) is 2.16. The Morgan fingerprint density at radius 1 is 1.41 bits per heavy atom. The van der Waals surface area contributed by atoms with Crippen molar-refractivity contribution in [1.29, 1.82) is 0 Å². The lowest BCUT2D eigenvalue weighted by Gasteiger charge is -2.25. The van der Waals surface area contributed by atoms with E-state index < -0.39 is 0 Å². The van der Waals surface area contributed by atoms with E-state index in [0.29, 0.717) is 23.9 Å². The zero-order valence-electron chi connectivity index (χ0n) is 12.2. The predicted octanol–water partition coefficient (Wildman–Crippen LogP) is 2.71. The number of aromatic nitrogens is 2. The molecule has 0 saturated heterocycles. The highest BCUT2D eigenvalue weighted by Crippen LogP contribution is 2.27. The average molecular weight is 312 g/mol. The van der Waals surface area contributed by atoms with Crippen LogP contribution in [0.5, 0.6) is 0 Å². The van der Waals surface area contributed by atoms with E-state index in [-0.39, 0.29) is 5.91 Å². The molecule has 5 nitrogen and oxygen atoms in total. The first-order valence-electron chi connectivity index (χ1n) is 7.23. The fourth-order valence-electron chi connectivity index (χ4n) is 2.92. The minimum absolute atomic E-state index is 0.0338. The molecular formula is C16H16N4OS. The van der Waals surface area contributed by atoms with Gasteiger partial charge in [-0.1, -0.05) is 12.1 Å². The molecule has 0 spiro atoms. The Kier molecular flexibility index (Phi) is 2.94. The summed E-state index contributed by atoms with van der Waals surface area (Å²) in [6.45, 7) is 3.32. The smallest absolute Gasteiger partial charge is 0.270 e. The second-order valence-electron chi connectivity index (χ2n) is 5.67. The van der Waals surface area contributed by atoms with Gasteiger partial charge in [0, 0.05) is 28.7 Å². The van der Waals surface area contributed by atoms with E-state index in [1.165, 1.54) is 16.9 Å². The molecule has 1 aliphatic heterocycles. The number of fused-ring (bicyclic) bond motifs is 2. The molecule has 0 bridgehead atoms. The zero-order valence-corrected chi connectivity index (χ0v) is 13.0. The number of rotatable bonds is 1. The first-order valence-corrected chi connectivity index (χ1v) is 8.04. The maximum Gasteiger partial charge on any atom is 0.270 e. The first-order chi connectivity index (χ1) is 10.6. The molecule has 1 amide bonds. The lowest BCUT2D eigenvalue weighted by molar-refractivity contribution is 0.0731. The molecule has 6 heteroatoms. The normalized spacial score (nSPS) is 14.3. The number of thiazole rings is 1. The molecule has 0 saturated carbocycles. The Morgan fingerprint density at radius 2 is 2.27 bits per heavy atom. The van der Waals surface area contributed by atoms with Crippen LogP contribution in [-0.2, 0) is 13.0 Å². The van der Waals surface area contributed by atoms with Crippen LogP contribution in [0.2, 0.25) is 0 Å². The molecule has 0 fully saturated rings. The number of hydrogen-bond donors (Lipinski definition) is 2. The summed E-state index contributed by atoms with van der Waals surface area (Å²) >= 11 is 1.48. The number of nitrogens with zero attached hydrogens (tertiary/aromatic N) is 2. The van der Waals surface area contributed by atoms with E-state index >= 15 is 0 Å². The Morgan fingerprint density at radius 3 is 3.14 bits per heavy atom. The van der Waals surface area contributed by atoms with Gasteiger partial charge in [0.2, 0.25) is 0 Å². The first kappa shape index (κ1) is 13.3. The molecule has 112 valence electrons. The lowest BCUT2D eigenvalue weighted by atomic mass is 10.1. The van der Waals surface area contributed by atoms with Gasteiger partial charge in [0.25, 0.3) is 5.91 Å². The van der Waals surface area contributed by atoms with Gasteiger partial charge >= 0.3 is 0 Å². The number of carbonyl (C=O) groups excluding carboxylic acids is 1. The molecule has 0 atom stereocenters. The second kappa shape index (κ2) is 4.84. The zero-order chi connectivity index (χ0) is 15.3. The van der Waals surface area contributed by atoms with Crippen molar-refractivity contribution in [2.45, 2.75) is 19.9 Å². The number of H-pyrrole nitrogens is 1. The molecule has 1 aliphatic rings. The molecule has 3 aromatic rings. The van der Waals surface area contributed by atoms with Crippen molar-refractivity contribution in [3.63, 3.8) is 0 Å². The van der Waals surface area contributed by atoms with Crippen LogP contribution in [0.3, 0.4) is 0 Å². The number of aryl methyl sites for hydroxylation is 1. The largest absolute Gasteiger partial charge is 0.375 e. The molecule has 4 rings (SSSR count). The van der Waals surface area contributed by atoms with Crippen molar-refractivity contribution in [3.8, 4) is 0 Å². The third-order valence-electron chi connectivity index (χ3n) is 4.04. The van der Waals surface area contributed by atoms with Crippen molar-refractivity contribution in [2.75, 3.05) is 12.3 Å². The molecule has 22 heavy (non-hydrogen) atoms. The monoisotopic (exact) mass is 312 g/mol. The van der Waals surface area contributed by atoms with Crippen LogP contribution in [0.15, 0.2) is 24.3 Å². The van der Waals surface area contributed by atoms with E-state index in [1.807, 2.05) is 24.0 Å². The van der Waals surface area contributed by atoms with Gasteiger partial charge < -0.3 is 15.6 Å². The number of benzene rings is 1. The van der Waals surface area contributed by atoms with Crippen LogP contribution in [0, 0.1) is 6.92 Å². The van der Waals surface area contributed by atoms with E-state index in [0.717, 1.165) is 27.9 Å². The Bertz CT molecular complexity index is 880. The number of aromatic amines is 1. The fourth-order valence-corrected chi connectivity index (χ4v) is 3.81. The highest BCUT2D eigenvalue weighted by molar-refractivity contribution is 7.15. The van der Waals surface area contributed by atoms with E-state index in [4.69, 9.17) is 5.73 Å². The SMILES string of the molecule is Cc1ccc2cc(C(=O)N3CCc4nc(N)sc4C3)[nH]c2c1. The summed E-state index contributed by atoms with van der Waals surface area (Å²) in [6.07, 6.45) is 0.772. The number of nitrogen functional groups attached to an aromatic ring is 1. The van der Waals surface area contributed by atoms with Crippen LogP contribution < -0.4 is 5.73 Å². The van der Waals surface area contributed by atoms with Gasteiger partial charge in [-0.05, 0) is 24.6 Å². The molecule has 2 aromatic heterocycles. The minimum Gasteiger partial charge on any atom is -0.375 e. The van der Waals surface area contributed by atoms with Crippen LogP contribution in [0.4, 0.5) is 5.13 Å². The molecule has 0 aliphatic carbocycles. The fraction of sp³-hybridized carbons (Fsp3) is 0.250. The average Bonchev–Trinajstić information content (AvgIpc) is 3.07. The van der Waals surface area contributed by atoms with Gasteiger partial charge in [0.1, 0.15) is 5.69 Å². The topological polar surface area (TPSA) is 75.0 Å². The summed E-state index contributed by atoms with van der Waals surface area (Å²) in [5, 5.41) is 1.65. The number of carbonyl (C=O) groups is 1. The van der Waals surface area contributed by atoms with Gasteiger partial charge in [0.15, 0.2) is 5.13 Å². The standard InChI is InChI=1S/C16H16N4OS/c1-9-2-3-10-7-13(18-12(10)6-9)15(21)20-5-4-11-14(8-20)22-16(17)19-11/h2-3,6-7,18H,4-5,8H2,1H3,(H2,17,19). The Labute approximate surface area is 131 Å². The van der Waals surface area contributed by atoms with Crippen LogP contribution in [0.25, 0.3) is 10.9 Å². The van der Waals surface area contributed by atoms with Crippen molar-refractivity contribution in [2.24, 2.45) is 0 Å². The summed E-state index contributed by atoms with van der Waals surface area (Å²) in [5.74, 6) is 0.0338. The van der Waals surface area contributed by atoms with Crippen molar-refractivity contribution < 1.29 is 4.79 Å². The molecule has 1 aromatic carbocycles. The van der Waals surface area contributed by atoms with Gasteiger partial charge in [-0.15, -0.1) is 11.3 Å². The third-order valence-corrected chi connectivity index (χ3v) is 4.95. The number of nitrogens with two attached hydrogens (primary N) is 1. The molecule has 3 heterocycles. The highest BCUT2D eigenvalue weighted by atomic mass is 32.1. The lowest BCUT2D eigenvalue weighted by Crippen LogP contribution is -2.35. The van der Waals surface area contributed by atoms with Gasteiger partial charge in [-0.3, -0.25) is 4.79 Å². The van der Waals surface area contributed by atoms with Crippen LogP contribution in [0.1, 0.15) is 26.6 Å². The summed E-state index contributed by atoms with van der Waals surface area (Å²) < 4.78 is 0. The quantitative estimate of drug-likeness (QED) is 0.725. The van der Waals surface area contributed by atoms with Crippen LogP contribution in [-0.4, -0.2) is 27.3 Å². The number of anilines is 1. The highest BCUT2D eigenvalue weighted by Gasteiger charge is 2.25. The van der Waals surface area contributed by atoms with E-state index in [2.05, 4.69) is 22.1 Å². The summed E-state index contributed by atoms with van der Waals surface area (Å²) in [6, 6.07) is 8.08. The summed E-state index contributed by atoms with van der Waals surface area (Å²) in [4.78, 5) is 23.2. The molecule has 0 radical (unpaired) electrons. The summed E-state index contributed by atoms with van der Waals surface area (Å²) in [7, 11) is 0.